The van der Waals surface area contributed by atoms with Crippen LogP contribution in [0.5, 0.6) is 0 Å². The molecule has 1 aliphatic rings. The summed E-state index contributed by atoms with van der Waals surface area (Å²) in [4.78, 5) is 13.0. The van der Waals surface area contributed by atoms with Gasteiger partial charge in [0.2, 0.25) is 5.91 Å². The SMILES string of the molecule is CCCC1(O)CN(C(=O)COCC)C1. The number of carbonyl (C=O) groups excluding carboxylic acids is 1. The molecule has 1 saturated heterocycles. The summed E-state index contributed by atoms with van der Waals surface area (Å²) in [5.41, 5.74) is -0.628. The smallest absolute Gasteiger partial charge is 0.248 e. The maximum Gasteiger partial charge on any atom is 0.248 e. The highest BCUT2D eigenvalue weighted by molar-refractivity contribution is 5.78. The van der Waals surface area contributed by atoms with Crippen LogP contribution in [0.1, 0.15) is 26.7 Å². The Hall–Kier alpha value is -0.610. The summed E-state index contributed by atoms with van der Waals surface area (Å²) < 4.78 is 5.01. The molecule has 1 heterocycles. The minimum Gasteiger partial charge on any atom is -0.386 e. The molecule has 82 valence electrons. The first-order valence-corrected chi connectivity index (χ1v) is 5.19. The zero-order chi connectivity index (χ0) is 10.6. The number of amides is 1. The van der Waals surface area contributed by atoms with Crippen molar-refractivity contribution in [2.24, 2.45) is 0 Å². The number of aliphatic hydroxyl groups is 1. The Morgan fingerprint density at radius 3 is 2.64 bits per heavy atom. The lowest BCUT2D eigenvalue weighted by Crippen LogP contribution is -2.64. The Balaban J connectivity index is 2.22. The second kappa shape index (κ2) is 4.75. The van der Waals surface area contributed by atoms with Gasteiger partial charge in [-0.1, -0.05) is 13.3 Å². The van der Waals surface area contributed by atoms with Crippen molar-refractivity contribution in [3.63, 3.8) is 0 Å². The van der Waals surface area contributed by atoms with E-state index in [-0.39, 0.29) is 12.5 Å². The summed E-state index contributed by atoms with van der Waals surface area (Å²) >= 11 is 0. The van der Waals surface area contributed by atoms with E-state index >= 15 is 0 Å². The van der Waals surface area contributed by atoms with Gasteiger partial charge in [0.25, 0.3) is 0 Å². The molecule has 0 radical (unpaired) electrons. The molecule has 1 fully saturated rings. The van der Waals surface area contributed by atoms with Crippen molar-refractivity contribution >= 4 is 5.91 Å². The largest absolute Gasteiger partial charge is 0.386 e. The Morgan fingerprint density at radius 1 is 1.50 bits per heavy atom. The van der Waals surface area contributed by atoms with Crippen LogP contribution >= 0.6 is 0 Å². The molecule has 1 rings (SSSR count). The van der Waals surface area contributed by atoms with Crippen molar-refractivity contribution in [1.29, 1.82) is 0 Å². The Kier molecular flexibility index (Phi) is 3.89. The molecule has 0 aliphatic carbocycles. The van der Waals surface area contributed by atoms with Crippen molar-refractivity contribution < 1.29 is 14.6 Å². The molecule has 0 aromatic rings. The van der Waals surface area contributed by atoms with Gasteiger partial charge in [-0.25, -0.2) is 0 Å². The third-order valence-electron chi connectivity index (χ3n) is 2.47. The summed E-state index contributed by atoms with van der Waals surface area (Å²) in [7, 11) is 0. The molecule has 1 amide bonds. The van der Waals surface area contributed by atoms with Crippen molar-refractivity contribution in [3.05, 3.63) is 0 Å². The van der Waals surface area contributed by atoms with Crippen LogP contribution in [0.4, 0.5) is 0 Å². The van der Waals surface area contributed by atoms with Gasteiger partial charge in [-0.2, -0.15) is 0 Å². The van der Waals surface area contributed by atoms with Gasteiger partial charge >= 0.3 is 0 Å². The number of β-amino-alcohol motifs (C(OH)–C–C–N with tert-alkyl or cyclic N) is 1. The zero-order valence-electron chi connectivity index (χ0n) is 8.95. The van der Waals surface area contributed by atoms with Crippen LogP contribution in [0.25, 0.3) is 0 Å². The van der Waals surface area contributed by atoms with Gasteiger partial charge in [0.15, 0.2) is 0 Å². The molecule has 14 heavy (non-hydrogen) atoms. The maximum absolute atomic E-state index is 11.4. The highest BCUT2D eigenvalue weighted by atomic mass is 16.5. The van der Waals surface area contributed by atoms with E-state index in [1.165, 1.54) is 0 Å². The summed E-state index contributed by atoms with van der Waals surface area (Å²) in [5, 5.41) is 9.82. The summed E-state index contributed by atoms with van der Waals surface area (Å²) in [6.07, 6.45) is 1.72. The first-order valence-electron chi connectivity index (χ1n) is 5.19. The van der Waals surface area contributed by atoms with E-state index in [0.29, 0.717) is 19.7 Å². The predicted octanol–water partition coefficient (Wildman–Crippen LogP) is 0.396. The second-order valence-electron chi connectivity index (χ2n) is 3.86. The zero-order valence-corrected chi connectivity index (χ0v) is 8.95. The first-order chi connectivity index (χ1) is 6.61. The first kappa shape index (κ1) is 11.5. The van der Waals surface area contributed by atoms with Crippen LogP contribution in [0.15, 0.2) is 0 Å². The average Bonchev–Trinajstić information content (AvgIpc) is 2.10. The van der Waals surface area contributed by atoms with Gasteiger partial charge in [-0.15, -0.1) is 0 Å². The van der Waals surface area contributed by atoms with Gasteiger partial charge < -0.3 is 14.7 Å². The van der Waals surface area contributed by atoms with Crippen LogP contribution in [0.3, 0.4) is 0 Å². The van der Waals surface area contributed by atoms with Crippen LogP contribution < -0.4 is 0 Å². The van der Waals surface area contributed by atoms with E-state index in [0.717, 1.165) is 12.8 Å². The van der Waals surface area contributed by atoms with E-state index in [1.807, 2.05) is 13.8 Å². The monoisotopic (exact) mass is 201 g/mol. The highest BCUT2D eigenvalue weighted by Gasteiger charge is 2.42. The number of likely N-dealkylation sites (tertiary alicyclic amines) is 1. The fourth-order valence-electron chi connectivity index (χ4n) is 1.74. The molecular weight excluding hydrogens is 182 g/mol. The molecule has 0 aromatic heterocycles. The van der Waals surface area contributed by atoms with Gasteiger partial charge in [-0.05, 0) is 13.3 Å². The van der Waals surface area contributed by atoms with E-state index in [2.05, 4.69) is 0 Å². The summed E-state index contributed by atoms with van der Waals surface area (Å²) in [6, 6.07) is 0. The normalized spacial score (nSPS) is 19.2. The number of hydrogen-bond acceptors (Lipinski definition) is 3. The molecule has 0 saturated carbocycles. The topological polar surface area (TPSA) is 49.8 Å². The van der Waals surface area contributed by atoms with E-state index < -0.39 is 5.60 Å². The van der Waals surface area contributed by atoms with Crippen molar-refractivity contribution in [2.45, 2.75) is 32.3 Å². The van der Waals surface area contributed by atoms with Crippen LogP contribution in [0, 0.1) is 0 Å². The van der Waals surface area contributed by atoms with Gasteiger partial charge in [0.1, 0.15) is 6.61 Å². The number of carbonyl (C=O) groups is 1. The van der Waals surface area contributed by atoms with E-state index in [4.69, 9.17) is 4.74 Å². The molecule has 4 nitrogen and oxygen atoms in total. The Morgan fingerprint density at radius 2 is 2.14 bits per heavy atom. The standard InChI is InChI=1S/C10H19NO3/c1-3-5-10(13)7-11(8-10)9(12)6-14-4-2/h13H,3-8H2,1-2H3. The van der Waals surface area contributed by atoms with Crippen LogP contribution in [0.2, 0.25) is 0 Å². The van der Waals surface area contributed by atoms with E-state index in [9.17, 15) is 9.90 Å². The molecule has 4 heteroatoms. The lowest BCUT2D eigenvalue weighted by atomic mass is 9.89. The van der Waals surface area contributed by atoms with Crippen LogP contribution in [-0.4, -0.2) is 47.8 Å². The molecule has 0 bridgehead atoms. The van der Waals surface area contributed by atoms with Crippen molar-refractivity contribution in [2.75, 3.05) is 26.3 Å². The molecule has 0 atom stereocenters. The molecule has 1 aliphatic heterocycles. The molecular formula is C10H19NO3. The third kappa shape index (κ3) is 2.69. The van der Waals surface area contributed by atoms with E-state index in [1.54, 1.807) is 4.90 Å². The molecule has 1 N–H and O–H groups in total. The minimum absolute atomic E-state index is 0.0207. The molecule has 0 aromatic carbocycles. The summed E-state index contributed by atoms with van der Waals surface area (Å²) in [6.45, 7) is 5.51. The number of nitrogens with zero attached hydrogens (tertiary/aromatic N) is 1. The lowest BCUT2D eigenvalue weighted by molar-refractivity contribution is -0.160. The van der Waals surface area contributed by atoms with Gasteiger partial charge in [0, 0.05) is 6.61 Å². The van der Waals surface area contributed by atoms with Gasteiger partial charge in [0.05, 0.1) is 18.7 Å². The average molecular weight is 201 g/mol. The highest BCUT2D eigenvalue weighted by Crippen LogP contribution is 2.25. The van der Waals surface area contributed by atoms with Gasteiger partial charge in [-0.3, -0.25) is 4.79 Å². The van der Waals surface area contributed by atoms with Crippen molar-refractivity contribution in [1.82, 2.24) is 4.90 Å². The Labute approximate surface area is 84.8 Å². The molecule has 0 spiro atoms. The predicted molar refractivity (Wildman–Crippen MR) is 52.9 cm³/mol. The summed E-state index contributed by atoms with van der Waals surface area (Å²) in [5.74, 6) is -0.0207. The quantitative estimate of drug-likeness (QED) is 0.700. The minimum atomic E-state index is -0.628. The van der Waals surface area contributed by atoms with Crippen LogP contribution in [-0.2, 0) is 9.53 Å². The number of rotatable bonds is 5. The second-order valence-corrected chi connectivity index (χ2v) is 3.86. The fourth-order valence-corrected chi connectivity index (χ4v) is 1.74. The number of hydrogen-bond donors (Lipinski definition) is 1. The molecule has 0 unspecified atom stereocenters. The third-order valence-corrected chi connectivity index (χ3v) is 2.47. The fraction of sp³-hybridized carbons (Fsp3) is 0.900. The Bertz CT molecular complexity index is 200. The van der Waals surface area contributed by atoms with Crippen molar-refractivity contribution in [3.8, 4) is 0 Å². The number of ether oxygens (including phenoxy) is 1. The maximum atomic E-state index is 11.4. The lowest BCUT2D eigenvalue weighted by Gasteiger charge is -2.46.